The molecule has 1 aromatic carbocycles. The van der Waals surface area contributed by atoms with E-state index in [9.17, 15) is 10.1 Å². The molecule has 1 aliphatic rings. The van der Waals surface area contributed by atoms with Crippen molar-refractivity contribution in [1.29, 1.82) is 0 Å². The first-order valence-corrected chi connectivity index (χ1v) is 7.37. The number of nitro benzene ring substituents is 1. The predicted octanol–water partition coefficient (Wildman–Crippen LogP) is 3.20. The van der Waals surface area contributed by atoms with Crippen LogP contribution in [0.5, 0.6) is 0 Å². The Morgan fingerprint density at radius 3 is 2.85 bits per heavy atom. The monoisotopic (exact) mass is 297 g/mol. The quantitative estimate of drug-likeness (QED) is 0.669. The molecule has 20 heavy (non-hydrogen) atoms. The summed E-state index contributed by atoms with van der Waals surface area (Å²) in [5.74, 6) is 0.397. The first-order chi connectivity index (χ1) is 9.58. The Morgan fingerprint density at radius 2 is 2.25 bits per heavy atom. The lowest BCUT2D eigenvalue weighted by molar-refractivity contribution is -0.384. The SMILES string of the molecule is CCN(c1cc(Cl)ccc1[N+](=O)[O-])C1CCCC1CN. The first-order valence-electron chi connectivity index (χ1n) is 6.99. The van der Waals surface area contributed by atoms with E-state index in [1.54, 1.807) is 12.1 Å². The molecule has 0 amide bonds. The standard InChI is InChI=1S/C14H20ClN3O2/c1-2-17(12-5-3-4-10(12)9-16)14-8-11(15)6-7-13(14)18(19)20/h6-8,10,12H,2-5,9,16H2,1H3. The van der Waals surface area contributed by atoms with E-state index in [4.69, 9.17) is 17.3 Å². The number of hydrogen-bond donors (Lipinski definition) is 1. The average Bonchev–Trinajstić information content (AvgIpc) is 2.87. The van der Waals surface area contributed by atoms with Crippen molar-refractivity contribution in [2.75, 3.05) is 18.0 Å². The smallest absolute Gasteiger partial charge is 0.292 e. The normalized spacial score (nSPS) is 21.9. The zero-order chi connectivity index (χ0) is 14.7. The Balaban J connectivity index is 2.40. The van der Waals surface area contributed by atoms with E-state index >= 15 is 0 Å². The maximum Gasteiger partial charge on any atom is 0.292 e. The van der Waals surface area contributed by atoms with Crippen LogP contribution in [-0.2, 0) is 0 Å². The molecule has 2 N–H and O–H groups in total. The molecule has 0 aromatic heterocycles. The van der Waals surface area contributed by atoms with Gasteiger partial charge in [0.1, 0.15) is 5.69 Å². The van der Waals surface area contributed by atoms with Gasteiger partial charge in [-0.15, -0.1) is 0 Å². The highest BCUT2D eigenvalue weighted by Crippen LogP contribution is 2.37. The number of nitrogens with zero attached hydrogens (tertiary/aromatic N) is 2. The molecule has 1 fully saturated rings. The van der Waals surface area contributed by atoms with E-state index in [0.29, 0.717) is 29.7 Å². The lowest BCUT2D eigenvalue weighted by Crippen LogP contribution is -2.40. The Morgan fingerprint density at radius 1 is 1.50 bits per heavy atom. The lowest BCUT2D eigenvalue weighted by atomic mass is 10.0. The van der Waals surface area contributed by atoms with E-state index in [-0.39, 0.29) is 16.7 Å². The number of anilines is 1. The molecule has 0 heterocycles. The van der Waals surface area contributed by atoms with E-state index in [1.807, 2.05) is 6.92 Å². The Bertz CT molecular complexity index is 495. The van der Waals surface area contributed by atoms with Crippen molar-refractivity contribution in [3.05, 3.63) is 33.3 Å². The van der Waals surface area contributed by atoms with Gasteiger partial charge in [-0.25, -0.2) is 0 Å². The average molecular weight is 298 g/mol. The van der Waals surface area contributed by atoms with Crippen LogP contribution in [0.2, 0.25) is 5.02 Å². The van der Waals surface area contributed by atoms with Crippen molar-refractivity contribution >= 4 is 23.0 Å². The third-order valence-corrected chi connectivity index (χ3v) is 4.34. The van der Waals surface area contributed by atoms with E-state index in [0.717, 1.165) is 19.3 Å². The molecular formula is C14H20ClN3O2. The van der Waals surface area contributed by atoms with Crippen molar-refractivity contribution in [2.45, 2.75) is 32.2 Å². The summed E-state index contributed by atoms with van der Waals surface area (Å²) >= 11 is 6.03. The van der Waals surface area contributed by atoms with Crippen molar-refractivity contribution < 1.29 is 4.92 Å². The molecule has 0 aliphatic heterocycles. The van der Waals surface area contributed by atoms with Gasteiger partial charge in [0.2, 0.25) is 0 Å². The summed E-state index contributed by atoms with van der Waals surface area (Å²) in [7, 11) is 0. The molecule has 0 bridgehead atoms. The molecular weight excluding hydrogens is 278 g/mol. The van der Waals surface area contributed by atoms with E-state index < -0.39 is 0 Å². The Kier molecular flexibility index (Phi) is 4.83. The van der Waals surface area contributed by atoms with Gasteiger partial charge < -0.3 is 10.6 Å². The molecule has 0 radical (unpaired) electrons. The zero-order valence-corrected chi connectivity index (χ0v) is 12.3. The van der Waals surface area contributed by atoms with Crippen LogP contribution < -0.4 is 10.6 Å². The summed E-state index contributed by atoms with van der Waals surface area (Å²) in [5.41, 5.74) is 6.55. The second-order valence-corrected chi connectivity index (χ2v) is 5.61. The van der Waals surface area contributed by atoms with Gasteiger partial charge in [0.05, 0.1) is 4.92 Å². The summed E-state index contributed by atoms with van der Waals surface area (Å²) in [6.07, 6.45) is 3.24. The van der Waals surface area contributed by atoms with Crippen LogP contribution in [0.1, 0.15) is 26.2 Å². The van der Waals surface area contributed by atoms with Gasteiger partial charge in [-0.05, 0) is 44.4 Å². The minimum atomic E-state index is -0.347. The van der Waals surface area contributed by atoms with Crippen LogP contribution in [0.15, 0.2) is 18.2 Å². The van der Waals surface area contributed by atoms with Gasteiger partial charge in [0.25, 0.3) is 5.69 Å². The molecule has 0 saturated heterocycles. The molecule has 1 aromatic rings. The van der Waals surface area contributed by atoms with Crippen LogP contribution in [0, 0.1) is 16.0 Å². The van der Waals surface area contributed by atoms with Gasteiger partial charge in [-0.3, -0.25) is 10.1 Å². The number of rotatable bonds is 5. The topological polar surface area (TPSA) is 72.4 Å². The fourth-order valence-corrected chi connectivity index (χ4v) is 3.33. The molecule has 1 saturated carbocycles. The lowest BCUT2D eigenvalue weighted by Gasteiger charge is -2.33. The summed E-state index contributed by atoms with van der Waals surface area (Å²) in [6.45, 7) is 3.34. The Hall–Kier alpha value is -1.33. The van der Waals surface area contributed by atoms with Crippen LogP contribution in [-0.4, -0.2) is 24.1 Å². The highest BCUT2D eigenvalue weighted by atomic mass is 35.5. The summed E-state index contributed by atoms with van der Waals surface area (Å²) in [4.78, 5) is 13.0. The third kappa shape index (κ3) is 2.88. The van der Waals surface area contributed by atoms with Gasteiger partial charge in [0, 0.05) is 23.7 Å². The number of benzene rings is 1. The first kappa shape index (κ1) is 15.1. The molecule has 2 atom stereocenters. The largest absolute Gasteiger partial charge is 0.363 e. The fraction of sp³-hybridized carbons (Fsp3) is 0.571. The minimum Gasteiger partial charge on any atom is -0.363 e. The van der Waals surface area contributed by atoms with E-state index in [1.165, 1.54) is 6.07 Å². The summed E-state index contributed by atoms with van der Waals surface area (Å²) in [6, 6.07) is 5.00. The molecule has 110 valence electrons. The van der Waals surface area contributed by atoms with Crippen molar-refractivity contribution in [3.63, 3.8) is 0 Å². The highest BCUT2D eigenvalue weighted by Gasteiger charge is 2.33. The molecule has 6 heteroatoms. The maximum absolute atomic E-state index is 11.2. The van der Waals surface area contributed by atoms with E-state index in [2.05, 4.69) is 4.90 Å². The second-order valence-electron chi connectivity index (χ2n) is 5.17. The van der Waals surface area contributed by atoms with Gasteiger partial charge in [-0.1, -0.05) is 18.0 Å². The summed E-state index contributed by atoms with van der Waals surface area (Å²) in [5, 5.41) is 11.8. The molecule has 0 spiro atoms. The molecule has 5 nitrogen and oxygen atoms in total. The van der Waals surface area contributed by atoms with Gasteiger partial charge in [0.15, 0.2) is 0 Å². The Labute approximate surface area is 123 Å². The van der Waals surface area contributed by atoms with Gasteiger partial charge in [-0.2, -0.15) is 0 Å². The highest BCUT2D eigenvalue weighted by molar-refractivity contribution is 6.31. The minimum absolute atomic E-state index is 0.110. The molecule has 1 aliphatic carbocycles. The van der Waals surface area contributed by atoms with Gasteiger partial charge >= 0.3 is 0 Å². The number of nitro groups is 1. The number of halogens is 1. The fourth-order valence-electron chi connectivity index (χ4n) is 3.17. The predicted molar refractivity (Wildman–Crippen MR) is 81.3 cm³/mol. The zero-order valence-electron chi connectivity index (χ0n) is 11.6. The van der Waals surface area contributed by atoms with Crippen molar-refractivity contribution in [2.24, 2.45) is 11.7 Å². The number of nitrogens with two attached hydrogens (primary N) is 1. The number of hydrogen-bond acceptors (Lipinski definition) is 4. The molecule has 2 unspecified atom stereocenters. The van der Waals surface area contributed by atoms with Crippen LogP contribution >= 0.6 is 11.6 Å². The van der Waals surface area contributed by atoms with Crippen molar-refractivity contribution in [3.8, 4) is 0 Å². The molecule has 2 rings (SSSR count). The van der Waals surface area contributed by atoms with Crippen LogP contribution in [0.3, 0.4) is 0 Å². The second kappa shape index (κ2) is 6.41. The van der Waals surface area contributed by atoms with Crippen LogP contribution in [0.4, 0.5) is 11.4 Å². The third-order valence-electron chi connectivity index (χ3n) is 4.11. The van der Waals surface area contributed by atoms with Crippen molar-refractivity contribution in [1.82, 2.24) is 0 Å². The van der Waals surface area contributed by atoms with Crippen LogP contribution in [0.25, 0.3) is 0 Å². The maximum atomic E-state index is 11.2. The summed E-state index contributed by atoms with van der Waals surface area (Å²) < 4.78 is 0.